The van der Waals surface area contributed by atoms with Gasteiger partial charge >= 0.3 is 0 Å². The molecule has 0 spiro atoms. The molecule has 4 aliphatic carbocycles. The van der Waals surface area contributed by atoms with Gasteiger partial charge in [0.2, 0.25) is 41.4 Å². The molecule has 3 saturated carbocycles. The van der Waals surface area contributed by atoms with E-state index >= 15 is 4.39 Å². The lowest BCUT2D eigenvalue weighted by Gasteiger charge is -2.62. The fourth-order valence-electron chi connectivity index (χ4n) is 12.6. The zero-order valence-corrected chi connectivity index (χ0v) is 49.1. The summed E-state index contributed by atoms with van der Waals surface area (Å²) in [6, 6.07) is 8.29. The number of benzene rings is 1. The number of halogens is 1. The van der Waals surface area contributed by atoms with Crippen molar-refractivity contribution >= 4 is 76.4 Å². The molecule has 22 heteroatoms. The Morgan fingerprint density at radius 3 is 2.04 bits per heavy atom. The van der Waals surface area contributed by atoms with E-state index in [-0.39, 0.29) is 75.3 Å². The maximum Gasteiger partial charge on any atom is 0.242 e. The third-order valence-electron chi connectivity index (χ3n) is 16.9. The summed E-state index contributed by atoms with van der Waals surface area (Å²) in [4.78, 5) is 129. The van der Waals surface area contributed by atoms with Crippen LogP contribution in [0, 0.1) is 34.5 Å². The monoisotopic (exact) mass is 1140 g/mol. The number of hydrogen-bond acceptors (Lipinski definition) is 14. The molecule has 8 atom stereocenters. The highest BCUT2D eigenvalue weighted by Gasteiger charge is 2.75. The molecule has 5 N–H and O–H groups in total. The summed E-state index contributed by atoms with van der Waals surface area (Å²) in [6.45, 7) is 9.32. The fourth-order valence-corrected chi connectivity index (χ4v) is 13.8. The number of rotatable bonds is 28. The van der Waals surface area contributed by atoms with Gasteiger partial charge in [-0.05, 0) is 88.2 Å². The van der Waals surface area contributed by atoms with Gasteiger partial charge in [0, 0.05) is 73.9 Å². The molecule has 0 saturated heterocycles. The van der Waals surface area contributed by atoms with Crippen LogP contribution in [-0.4, -0.2) is 217 Å². The van der Waals surface area contributed by atoms with E-state index in [2.05, 4.69) is 0 Å². The first-order valence-electron chi connectivity index (χ1n) is 27.3. The first-order chi connectivity index (χ1) is 37.1. The molecule has 7 amide bonds. The van der Waals surface area contributed by atoms with E-state index in [0.717, 1.165) is 16.7 Å². The number of hydrogen-bond donors (Lipinski definition) is 4. The van der Waals surface area contributed by atoms with Crippen LogP contribution in [0.5, 0.6) is 0 Å². The van der Waals surface area contributed by atoms with Crippen molar-refractivity contribution in [1.29, 1.82) is 0 Å². The second-order valence-electron chi connectivity index (χ2n) is 23.0. The van der Waals surface area contributed by atoms with Gasteiger partial charge in [0.05, 0.1) is 44.6 Å². The molecular formula is C57H84FN7O12S2. The number of allylic oxidation sites excluding steroid dienone is 4. The minimum absolute atomic E-state index is 0.0130. The van der Waals surface area contributed by atoms with Crippen molar-refractivity contribution in [2.45, 2.75) is 111 Å². The molecule has 438 valence electrons. The number of Topliss-reactive ketones (excluding diaryl/α,β-unsaturated/α-hetero) is 1. The highest BCUT2D eigenvalue weighted by Crippen LogP contribution is 2.70. The van der Waals surface area contributed by atoms with Crippen LogP contribution in [0.25, 0.3) is 0 Å². The van der Waals surface area contributed by atoms with Crippen LogP contribution in [0.3, 0.4) is 0 Å². The Morgan fingerprint density at radius 2 is 1.42 bits per heavy atom. The van der Waals surface area contributed by atoms with Gasteiger partial charge in [0.1, 0.15) is 18.7 Å². The lowest BCUT2D eigenvalue weighted by atomic mass is 9.44. The number of nitrogens with zero attached hydrogens (tertiary/aromatic N) is 6. The number of thioether (sulfide) groups is 2. The van der Waals surface area contributed by atoms with Crippen molar-refractivity contribution in [2.75, 3.05) is 96.1 Å². The van der Waals surface area contributed by atoms with E-state index in [1.165, 1.54) is 55.5 Å². The second kappa shape index (κ2) is 27.5. The molecule has 1 aromatic rings. The number of ketones is 2. The Kier molecular flexibility index (Phi) is 22.5. The zero-order chi connectivity index (χ0) is 58.8. The van der Waals surface area contributed by atoms with Crippen LogP contribution < -0.4 is 5.73 Å². The minimum atomic E-state index is -2.11. The number of amides is 7. The summed E-state index contributed by atoms with van der Waals surface area (Å²) in [6.07, 6.45) is 5.65. The van der Waals surface area contributed by atoms with E-state index in [4.69, 9.17) is 5.73 Å². The predicted octanol–water partition coefficient (Wildman–Crippen LogP) is 2.73. The van der Waals surface area contributed by atoms with Gasteiger partial charge in [-0.15, -0.1) is 0 Å². The van der Waals surface area contributed by atoms with Crippen molar-refractivity contribution < 1.29 is 62.9 Å². The van der Waals surface area contributed by atoms with Gasteiger partial charge in [-0.2, -0.15) is 23.5 Å². The minimum Gasteiger partial charge on any atom is -0.395 e. The largest absolute Gasteiger partial charge is 0.395 e. The van der Waals surface area contributed by atoms with Gasteiger partial charge in [-0.25, -0.2) is 4.39 Å². The number of carbonyl (C=O) groups excluding carboxylic acids is 9. The quantitative estimate of drug-likeness (QED) is 0.0881. The Hall–Kier alpha value is -5.16. The van der Waals surface area contributed by atoms with Gasteiger partial charge in [-0.1, -0.05) is 69.7 Å². The average Bonchev–Trinajstić information content (AvgIpc) is 3.87. The van der Waals surface area contributed by atoms with Gasteiger partial charge in [-0.3, -0.25) is 43.2 Å². The highest BCUT2D eigenvalue weighted by molar-refractivity contribution is 8.00. The molecule has 3 fully saturated rings. The molecule has 0 heterocycles. The molecule has 0 aliphatic heterocycles. The summed E-state index contributed by atoms with van der Waals surface area (Å²) in [7, 11) is 1.44. The number of nitrogens with two attached hydrogens (primary N) is 1. The van der Waals surface area contributed by atoms with Crippen molar-refractivity contribution in [1.82, 2.24) is 29.4 Å². The lowest BCUT2D eigenvalue weighted by Crippen LogP contribution is -2.69. The van der Waals surface area contributed by atoms with E-state index in [9.17, 15) is 58.5 Å². The number of likely N-dealkylation sites (N-methyl/N-ethyl adjacent to an activating group) is 1. The Balaban J connectivity index is 1.20. The van der Waals surface area contributed by atoms with E-state index in [1.54, 1.807) is 71.0 Å². The third-order valence-corrected chi connectivity index (χ3v) is 18.4. The van der Waals surface area contributed by atoms with Crippen molar-refractivity contribution in [3.63, 3.8) is 0 Å². The Labute approximate surface area is 473 Å². The summed E-state index contributed by atoms with van der Waals surface area (Å²) >= 11 is 2.60. The summed E-state index contributed by atoms with van der Waals surface area (Å²) < 4.78 is 17.7. The standard InChI is InChI=1S/C57H84FN7O12S2/c1-37(2)28-63(30-47(59)70)51(74)32-62(21-24-78-9)52(75)35-65(38(3)4)53(76)34-61(20-22-66)50(73)33-64(29-40-13-11-10-12-14-40)49(72)31-60(8)48(71)18-23-79-36-46(69)57(77)39(5)25-44-43-16-15-41-26-42(67)17-19-54(41,6)56(43,58)45(68)27-55(44,57)7/h10-14,17,19,26,37-39,43-45,66,68,77H,15-16,18,20-25,27-36H2,1-9H3,(H2,59,70)/t39-,43+,44+,45+,54+,55+,56+,57+/m1/s1. The van der Waals surface area contributed by atoms with Crippen LogP contribution in [0.15, 0.2) is 54.1 Å². The number of aliphatic hydroxyl groups is 3. The SMILES string of the molecule is CSCCN(CC(=O)N(CC(N)=O)CC(C)C)C(=O)CN(C(=O)CN(CCO)C(=O)CN(Cc1ccccc1)C(=O)CN(C)C(=O)CCSCC(=O)[C@@]1(O)[C@H](C)C[C@H]2[C@@H]3CCC4=CC(=O)C=C[C@]4(C)[C@@]3(F)[C@@H](O)C[C@@]21C)C(C)C. The van der Waals surface area contributed by atoms with Crippen LogP contribution >= 0.6 is 23.5 Å². The predicted molar refractivity (Wildman–Crippen MR) is 300 cm³/mol. The summed E-state index contributed by atoms with van der Waals surface area (Å²) in [5.41, 5.74) is 0.376. The number of carbonyl (C=O) groups is 9. The van der Waals surface area contributed by atoms with Crippen LogP contribution in [0.1, 0.15) is 86.1 Å². The summed E-state index contributed by atoms with van der Waals surface area (Å²) in [5.74, 6) is -5.91. The third kappa shape index (κ3) is 14.5. The normalized spacial score (nSPS) is 25.9. The number of primary amides is 1. The molecule has 79 heavy (non-hydrogen) atoms. The first-order valence-corrected chi connectivity index (χ1v) is 29.8. The van der Waals surface area contributed by atoms with Crippen molar-refractivity contribution in [3.8, 4) is 0 Å². The zero-order valence-electron chi connectivity index (χ0n) is 47.5. The van der Waals surface area contributed by atoms with Gasteiger partial charge < -0.3 is 50.5 Å². The number of alkyl halides is 1. The van der Waals surface area contributed by atoms with Gasteiger partial charge in [0.15, 0.2) is 17.2 Å². The Bertz CT molecular complexity index is 2480. The fraction of sp³-hybridized carbons (Fsp3) is 0.667. The topological polar surface area (TPSA) is 260 Å². The molecule has 0 aromatic heterocycles. The molecular weight excluding hydrogens is 1060 g/mol. The molecule has 0 unspecified atom stereocenters. The molecule has 5 rings (SSSR count). The molecule has 19 nitrogen and oxygen atoms in total. The maximum atomic E-state index is 17.7. The van der Waals surface area contributed by atoms with Crippen molar-refractivity contribution in [2.24, 2.45) is 40.2 Å². The molecule has 4 aliphatic rings. The molecule has 0 bridgehead atoms. The first kappa shape index (κ1) is 64.7. The van der Waals surface area contributed by atoms with Crippen LogP contribution in [0.2, 0.25) is 0 Å². The van der Waals surface area contributed by atoms with Crippen LogP contribution in [0.4, 0.5) is 4.39 Å². The molecule has 0 radical (unpaired) electrons. The second-order valence-corrected chi connectivity index (χ2v) is 25.1. The maximum absolute atomic E-state index is 17.7. The van der Waals surface area contributed by atoms with E-state index < -0.39 is 132 Å². The van der Waals surface area contributed by atoms with Crippen LogP contribution in [-0.2, 0) is 49.7 Å². The number of fused-ring (bicyclic) bond motifs is 5. The molecule has 1 aromatic carbocycles. The van der Waals surface area contributed by atoms with E-state index in [1.807, 2.05) is 20.1 Å². The Morgan fingerprint density at radius 1 is 0.810 bits per heavy atom. The smallest absolute Gasteiger partial charge is 0.242 e. The van der Waals surface area contributed by atoms with Crippen molar-refractivity contribution in [3.05, 3.63) is 59.7 Å². The number of aliphatic hydroxyl groups excluding tert-OH is 2. The lowest BCUT2D eigenvalue weighted by molar-refractivity contribution is -0.218. The highest BCUT2D eigenvalue weighted by atomic mass is 32.2. The summed E-state index contributed by atoms with van der Waals surface area (Å²) in [5, 5.41) is 34.2. The average molecular weight is 1140 g/mol. The van der Waals surface area contributed by atoms with Gasteiger partial charge in [0.25, 0.3) is 0 Å². The van der Waals surface area contributed by atoms with E-state index in [0.29, 0.717) is 36.2 Å².